The molecule has 2 fully saturated rings. The van der Waals surface area contributed by atoms with Crippen molar-refractivity contribution in [3.8, 4) is 0 Å². The number of benzene rings is 1. The smallest absolute Gasteiger partial charge is 0.292 e. The minimum absolute atomic E-state index is 0.0717. The first-order chi connectivity index (χ1) is 16.1. The third-order valence-electron chi connectivity index (χ3n) is 6.63. The quantitative estimate of drug-likeness (QED) is 0.539. The minimum Gasteiger partial charge on any atom is -0.338 e. The second-order valence-corrected chi connectivity index (χ2v) is 11.2. The van der Waals surface area contributed by atoms with Crippen LogP contribution in [0.4, 0.5) is 0 Å². The number of carbonyl (C=O) groups is 3. The van der Waals surface area contributed by atoms with E-state index in [9.17, 15) is 22.8 Å². The van der Waals surface area contributed by atoms with Crippen LogP contribution in [0.2, 0.25) is 0 Å². The minimum atomic E-state index is -3.73. The molecule has 1 aromatic carbocycles. The number of sulfonamides is 1. The first kappa shape index (κ1) is 24.2. The molecule has 2 aliphatic heterocycles. The lowest BCUT2D eigenvalue weighted by Crippen LogP contribution is -2.69. The van der Waals surface area contributed by atoms with E-state index in [1.54, 1.807) is 13.2 Å². The summed E-state index contributed by atoms with van der Waals surface area (Å²) in [4.78, 5) is 47.6. The Balaban J connectivity index is 1.66. The maximum Gasteiger partial charge on any atom is 0.292 e. The maximum absolute atomic E-state index is 12.9. The summed E-state index contributed by atoms with van der Waals surface area (Å²) in [6.45, 7) is 0.703. The molecule has 3 heterocycles. The number of aromatic nitrogens is 1. The summed E-state index contributed by atoms with van der Waals surface area (Å²) >= 11 is 0. The van der Waals surface area contributed by atoms with Gasteiger partial charge in [0.1, 0.15) is 11.9 Å². The number of likely N-dealkylation sites (N-methyl/N-ethyl adjacent to an activating group) is 1. The fourth-order valence-corrected chi connectivity index (χ4v) is 5.53. The van der Waals surface area contributed by atoms with Crippen molar-refractivity contribution >= 4 is 38.5 Å². The van der Waals surface area contributed by atoms with Gasteiger partial charge in [-0.25, -0.2) is 12.7 Å². The second-order valence-electron chi connectivity index (χ2n) is 8.99. The Morgan fingerprint density at radius 3 is 2.62 bits per heavy atom. The fourth-order valence-electron chi connectivity index (χ4n) is 4.76. The lowest BCUT2D eigenvalue weighted by atomic mass is 9.95. The Labute approximate surface area is 199 Å². The van der Waals surface area contributed by atoms with Gasteiger partial charge >= 0.3 is 0 Å². The highest BCUT2D eigenvalue weighted by Gasteiger charge is 2.47. The van der Waals surface area contributed by atoms with Crippen LogP contribution >= 0.6 is 0 Å². The van der Waals surface area contributed by atoms with Crippen LogP contribution in [-0.2, 0) is 31.0 Å². The highest BCUT2D eigenvalue weighted by Crippen LogP contribution is 2.30. The zero-order valence-corrected chi connectivity index (χ0v) is 20.4. The van der Waals surface area contributed by atoms with E-state index in [1.807, 2.05) is 35.2 Å². The fraction of sp³-hybridized carbons (Fsp3) is 0.478. The van der Waals surface area contributed by atoms with Gasteiger partial charge in [0.15, 0.2) is 0 Å². The lowest BCUT2D eigenvalue weighted by molar-refractivity contribution is -0.165. The van der Waals surface area contributed by atoms with E-state index in [1.165, 1.54) is 23.9 Å². The molecule has 2 atom stereocenters. The van der Waals surface area contributed by atoms with Crippen molar-refractivity contribution in [3.05, 3.63) is 42.1 Å². The maximum atomic E-state index is 12.9. The van der Waals surface area contributed by atoms with E-state index in [0.717, 1.165) is 20.8 Å². The highest BCUT2D eigenvalue weighted by molar-refractivity contribution is 7.89. The molecule has 0 spiro atoms. The van der Waals surface area contributed by atoms with Crippen molar-refractivity contribution in [3.63, 3.8) is 0 Å². The number of rotatable bonds is 6. The van der Waals surface area contributed by atoms with Crippen LogP contribution in [0.25, 0.3) is 10.9 Å². The number of Topliss-reactive ketones (excluding diaryl/α,β-unsaturated/α-hetero) is 1. The summed E-state index contributed by atoms with van der Waals surface area (Å²) in [6.07, 6.45) is 2.39. The van der Waals surface area contributed by atoms with Crippen molar-refractivity contribution < 1.29 is 22.8 Å². The molecule has 2 aliphatic rings. The normalized spacial score (nSPS) is 21.7. The molecule has 11 heteroatoms. The number of para-hydroxylation sites is 1. The second kappa shape index (κ2) is 9.40. The third-order valence-corrected chi connectivity index (χ3v) is 8.35. The van der Waals surface area contributed by atoms with Crippen molar-refractivity contribution in [1.82, 2.24) is 24.0 Å². The topological polar surface area (TPSA) is 111 Å². The number of nitrogens with zero attached hydrogens (tertiary/aromatic N) is 5. The molecule has 0 saturated carbocycles. The number of ketones is 1. The number of hydrogen-bond acceptors (Lipinski definition) is 7. The summed E-state index contributed by atoms with van der Waals surface area (Å²) in [5, 5.41) is 0.970. The molecule has 4 rings (SSSR count). The van der Waals surface area contributed by atoms with Gasteiger partial charge in [-0.15, -0.1) is 0 Å². The molecule has 2 saturated heterocycles. The Morgan fingerprint density at radius 1 is 1.15 bits per heavy atom. The van der Waals surface area contributed by atoms with E-state index >= 15 is 0 Å². The Kier molecular flexibility index (Phi) is 6.70. The van der Waals surface area contributed by atoms with Crippen LogP contribution in [0, 0.1) is 0 Å². The Hall–Kier alpha value is -2.89. The van der Waals surface area contributed by atoms with Gasteiger partial charge in [-0.05, 0) is 24.5 Å². The SMILES string of the molecule is CN(C(=O)CS(=O)(=O)N(C)C)C1CCCN2C(=O)C(=O)CN(Cc3cccc4cccnc34)C12. The lowest BCUT2D eigenvalue weighted by Gasteiger charge is -2.51. The van der Waals surface area contributed by atoms with Gasteiger partial charge in [-0.3, -0.25) is 24.3 Å². The third kappa shape index (κ3) is 4.55. The van der Waals surface area contributed by atoms with Crippen LogP contribution in [0.5, 0.6) is 0 Å². The van der Waals surface area contributed by atoms with Gasteiger partial charge in [-0.1, -0.05) is 24.3 Å². The predicted molar refractivity (Wildman–Crippen MR) is 126 cm³/mol. The van der Waals surface area contributed by atoms with Crippen molar-refractivity contribution in [2.75, 3.05) is 40.0 Å². The van der Waals surface area contributed by atoms with Gasteiger partial charge < -0.3 is 9.80 Å². The number of carbonyl (C=O) groups excluding carboxylic acids is 3. The van der Waals surface area contributed by atoms with Crippen molar-refractivity contribution in [2.24, 2.45) is 0 Å². The highest BCUT2D eigenvalue weighted by atomic mass is 32.2. The summed E-state index contributed by atoms with van der Waals surface area (Å²) in [5.74, 6) is -2.24. The molecular formula is C23H29N5O5S. The predicted octanol–water partition coefficient (Wildman–Crippen LogP) is 0.286. The molecule has 0 bridgehead atoms. The van der Waals surface area contributed by atoms with Crippen LogP contribution in [0.15, 0.2) is 36.5 Å². The van der Waals surface area contributed by atoms with Crippen LogP contribution in [0.3, 0.4) is 0 Å². The van der Waals surface area contributed by atoms with Crippen LogP contribution in [-0.4, -0.2) is 102 Å². The molecule has 34 heavy (non-hydrogen) atoms. The van der Waals surface area contributed by atoms with E-state index in [4.69, 9.17) is 0 Å². The summed E-state index contributed by atoms with van der Waals surface area (Å²) in [7, 11) is 0.609. The Morgan fingerprint density at radius 2 is 1.88 bits per heavy atom. The monoisotopic (exact) mass is 487 g/mol. The molecule has 2 aromatic rings. The number of piperidine rings is 1. The van der Waals surface area contributed by atoms with E-state index in [0.29, 0.717) is 25.9 Å². The van der Waals surface area contributed by atoms with Crippen LogP contribution in [0.1, 0.15) is 18.4 Å². The molecule has 0 radical (unpaired) electrons. The molecular weight excluding hydrogens is 458 g/mol. The summed E-state index contributed by atoms with van der Waals surface area (Å²) < 4.78 is 25.6. The molecule has 182 valence electrons. The number of hydrogen-bond donors (Lipinski definition) is 0. The van der Waals surface area contributed by atoms with Gasteiger partial charge in [0, 0.05) is 45.8 Å². The van der Waals surface area contributed by atoms with Crippen molar-refractivity contribution in [1.29, 1.82) is 0 Å². The molecule has 0 N–H and O–H groups in total. The summed E-state index contributed by atoms with van der Waals surface area (Å²) in [5.41, 5.74) is 1.73. The zero-order chi connectivity index (χ0) is 24.6. The molecule has 2 amide bonds. The van der Waals surface area contributed by atoms with E-state index in [-0.39, 0.29) is 6.54 Å². The first-order valence-electron chi connectivity index (χ1n) is 11.2. The molecule has 1 aromatic heterocycles. The molecule has 10 nitrogen and oxygen atoms in total. The number of fused-ring (bicyclic) bond motifs is 2. The average Bonchev–Trinajstić information content (AvgIpc) is 2.81. The number of amides is 2. The van der Waals surface area contributed by atoms with Crippen LogP contribution < -0.4 is 0 Å². The summed E-state index contributed by atoms with van der Waals surface area (Å²) in [6, 6.07) is 9.20. The van der Waals surface area contributed by atoms with E-state index in [2.05, 4.69) is 4.98 Å². The van der Waals surface area contributed by atoms with Gasteiger partial charge in [0.25, 0.3) is 5.91 Å². The van der Waals surface area contributed by atoms with E-state index < -0.39 is 45.6 Å². The standard InChI is InChI=1S/C23H29N5O5S/c1-25(2)34(32,33)15-20(30)26(3)18-10-6-12-28-22(18)27(14-19(29)23(28)31)13-17-8-4-7-16-9-5-11-24-21(16)17/h4-5,7-9,11,18,22H,6,10,12-15H2,1-3H3. The molecule has 0 aliphatic carbocycles. The molecule has 2 unspecified atom stereocenters. The first-order valence-corrected chi connectivity index (χ1v) is 12.8. The van der Waals surface area contributed by atoms with Gasteiger partial charge in [-0.2, -0.15) is 0 Å². The zero-order valence-electron chi connectivity index (χ0n) is 19.5. The largest absolute Gasteiger partial charge is 0.338 e. The Bertz CT molecular complexity index is 1230. The van der Waals surface area contributed by atoms with Gasteiger partial charge in [0.05, 0.1) is 18.1 Å². The average molecular weight is 488 g/mol. The van der Waals surface area contributed by atoms with Gasteiger partial charge in [0.2, 0.25) is 21.7 Å². The van der Waals surface area contributed by atoms with Crippen molar-refractivity contribution in [2.45, 2.75) is 31.6 Å². The number of pyridine rings is 1.